The van der Waals surface area contributed by atoms with Gasteiger partial charge in [0.05, 0.1) is 11.3 Å². The number of rotatable bonds is 8. The molecular weight excluding hydrogens is 442 g/mol. The van der Waals surface area contributed by atoms with E-state index in [1.54, 1.807) is 0 Å². The van der Waals surface area contributed by atoms with Crippen LogP contribution in [0, 0.1) is 11.8 Å². The van der Waals surface area contributed by atoms with E-state index in [1.807, 2.05) is 29.2 Å². The van der Waals surface area contributed by atoms with Crippen molar-refractivity contribution in [2.75, 3.05) is 31.9 Å². The highest BCUT2D eigenvalue weighted by Crippen LogP contribution is 2.24. The summed E-state index contributed by atoms with van der Waals surface area (Å²) >= 11 is 1.45. The molecule has 2 aromatic rings. The summed E-state index contributed by atoms with van der Waals surface area (Å²) in [6.45, 7) is 10.2. The fourth-order valence-corrected chi connectivity index (χ4v) is 6.15. The maximum absolute atomic E-state index is 12.9. The van der Waals surface area contributed by atoms with Crippen LogP contribution in [0.15, 0.2) is 53.4 Å². The maximum Gasteiger partial charge on any atom is 0.252 e. The van der Waals surface area contributed by atoms with Gasteiger partial charge in [0.25, 0.3) is 5.91 Å². The molecule has 0 aromatic heterocycles. The van der Waals surface area contributed by atoms with Gasteiger partial charge in [-0.3, -0.25) is 14.5 Å². The van der Waals surface area contributed by atoms with Crippen LogP contribution in [0.4, 0.5) is 0 Å². The molecule has 2 atom stereocenters. The smallest absolute Gasteiger partial charge is 0.252 e. The van der Waals surface area contributed by atoms with Gasteiger partial charge in [-0.2, -0.15) is 0 Å². The molecule has 4 rings (SSSR count). The second-order valence-corrected chi connectivity index (χ2v) is 11.0. The topological polar surface area (TPSA) is 52.7 Å². The fourth-order valence-electron chi connectivity index (χ4n) is 5.20. The molecule has 5 nitrogen and oxygen atoms in total. The van der Waals surface area contributed by atoms with Crippen molar-refractivity contribution >= 4 is 23.6 Å². The van der Waals surface area contributed by atoms with E-state index in [1.165, 1.54) is 36.8 Å². The van der Waals surface area contributed by atoms with E-state index < -0.39 is 0 Å². The number of likely N-dealkylation sites (tertiary alicyclic amines) is 2. The third kappa shape index (κ3) is 6.86. The van der Waals surface area contributed by atoms with Gasteiger partial charge in [-0.25, -0.2) is 0 Å². The van der Waals surface area contributed by atoms with Gasteiger partial charge in [0, 0.05) is 44.2 Å². The first-order valence-corrected chi connectivity index (χ1v) is 13.5. The average Bonchev–Trinajstić information content (AvgIpc) is 3.37. The van der Waals surface area contributed by atoms with Gasteiger partial charge in [0.15, 0.2) is 0 Å². The first-order valence-electron chi connectivity index (χ1n) is 12.6. The zero-order valence-corrected chi connectivity index (χ0v) is 21.3. The van der Waals surface area contributed by atoms with Crippen LogP contribution >= 0.6 is 11.8 Å². The number of piperidine rings is 1. The zero-order valence-electron chi connectivity index (χ0n) is 20.5. The second-order valence-electron chi connectivity index (χ2n) is 10.0. The van der Waals surface area contributed by atoms with Crippen LogP contribution < -0.4 is 5.32 Å². The summed E-state index contributed by atoms with van der Waals surface area (Å²) in [6, 6.07) is 16.1. The summed E-state index contributed by atoms with van der Waals surface area (Å²) < 4.78 is 0. The molecule has 2 aromatic carbocycles. The molecule has 0 spiro atoms. The van der Waals surface area contributed by atoms with Gasteiger partial charge in [-0.1, -0.05) is 50.2 Å². The molecule has 0 bridgehead atoms. The molecule has 2 aliphatic rings. The Morgan fingerprint density at radius 2 is 1.59 bits per heavy atom. The van der Waals surface area contributed by atoms with E-state index in [9.17, 15) is 9.59 Å². The highest BCUT2D eigenvalue weighted by molar-refractivity contribution is 8.00. The van der Waals surface area contributed by atoms with Gasteiger partial charge in [-0.15, -0.1) is 11.8 Å². The molecular formula is C28H37N3O2S. The van der Waals surface area contributed by atoms with Crippen LogP contribution in [0.25, 0.3) is 0 Å². The molecule has 2 amide bonds. The van der Waals surface area contributed by atoms with Crippen molar-refractivity contribution in [3.63, 3.8) is 0 Å². The number of hydrogen-bond acceptors (Lipinski definition) is 4. The molecule has 1 N–H and O–H groups in total. The summed E-state index contributed by atoms with van der Waals surface area (Å²) in [5.41, 5.74) is 3.04. The van der Waals surface area contributed by atoms with E-state index in [4.69, 9.17) is 0 Å². The molecule has 182 valence electrons. The van der Waals surface area contributed by atoms with Crippen molar-refractivity contribution in [2.24, 2.45) is 11.8 Å². The Balaban J connectivity index is 1.28. The first-order chi connectivity index (χ1) is 16.5. The lowest BCUT2D eigenvalue weighted by Crippen LogP contribution is -2.38. The Morgan fingerprint density at radius 3 is 2.29 bits per heavy atom. The number of thioether (sulfide) groups is 1. The van der Waals surface area contributed by atoms with E-state index >= 15 is 0 Å². The molecule has 0 unspecified atom stereocenters. The Labute approximate surface area is 208 Å². The summed E-state index contributed by atoms with van der Waals surface area (Å²) in [4.78, 5) is 30.6. The predicted molar refractivity (Wildman–Crippen MR) is 139 cm³/mol. The lowest BCUT2D eigenvalue weighted by Gasteiger charge is -2.35. The van der Waals surface area contributed by atoms with Crippen LogP contribution in [0.1, 0.15) is 54.6 Å². The van der Waals surface area contributed by atoms with E-state index in [0.717, 1.165) is 54.8 Å². The lowest BCUT2D eigenvalue weighted by molar-refractivity contribution is -0.127. The number of carbonyl (C=O) groups is 2. The third-order valence-corrected chi connectivity index (χ3v) is 7.83. The van der Waals surface area contributed by atoms with Crippen LogP contribution in [-0.2, 0) is 17.9 Å². The Hall–Kier alpha value is -2.31. The molecule has 0 radical (unpaired) electrons. The van der Waals surface area contributed by atoms with Crippen molar-refractivity contribution in [3.8, 4) is 0 Å². The lowest BCUT2D eigenvalue weighted by atomic mass is 9.91. The highest BCUT2D eigenvalue weighted by atomic mass is 32.2. The van der Waals surface area contributed by atoms with E-state index in [2.05, 4.69) is 48.3 Å². The summed E-state index contributed by atoms with van der Waals surface area (Å²) in [5, 5.41) is 3.05. The largest absolute Gasteiger partial charge is 0.348 e. The Kier molecular flexibility index (Phi) is 8.68. The third-order valence-electron chi connectivity index (χ3n) is 6.77. The monoisotopic (exact) mass is 479 g/mol. The van der Waals surface area contributed by atoms with E-state index in [0.29, 0.717) is 17.9 Å². The Bertz CT molecular complexity index is 962. The number of carbonyl (C=O) groups excluding carboxylic acids is 2. The summed E-state index contributed by atoms with van der Waals surface area (Å²) in [6.07, 6.45) is 3.51. The van der Waals surface area contributed by atoms with E-state index in [-0.39, 0.29) is 11.8 Å². The molecule has 2 aliphatic heterocycles. The first kappa shape index (κ1) is 24.8. The van der Waals surface area contributed by atoms with Gasteiger partial charge >= 0.3 is 0 Å². The van der Waals surface area contributed by atoms with Crippen LogP contribution in [0.5, 0.6) is 0 Å². The van der Waals surface area contributed by atoms with Crippen LogP contribution in [-0.4, -0.2) is 53.5 Å². The van der Waals surface area contributed by atoms with Crippen LogP contribution in [0.3, 0.4) is 0 Å². The number of hydrogen-bond donors (Lipinski definition) is 1. The number of amides is 2. The minimum atomic E-state index is -0.0999. The quantitative estimate of drug-likeness (QED) is 0.552. The predicted octanol–water partition coefficient (Wildman–Crippen LogP) is 4.81. The van der Waals surface area contributed by atoms with Crippen molar-refractivity contribution in [1.82, 2.24) is 15.1 Å². The highest BCUT2D eigenvalue weighted by Gasteiger charge is 2.22. The zero-order chi connectivity index (χ0) is 23.9. The number of benzene rings is 2. The van der Waals surface area contributed by atoms with Gasteiger partial charge in [0.2, 0.25) is 5.91 Å². The molecule has 2 heterocycles. The summed E-state index contributed by atoms with van der Waals surface area (Å²) in [7, 11) is 0. The number of nitrogens with one attached hydrogen (secondary N) is 1. The minimum absolute atomic E-state index is 0.0999. The normalized spacial score (nSPS) is 20.9. The van der Waals surface area contributed by atoms with Crippen LogP contribution in [0.2, 0.25) is 0 Å². The Morgan fingerprint density at radius 1 is 0.941 bits per heavy atom. The van der Waals surface area contributed by atoms with Gasteiger partial charge < -0.3 is 10.2 Å². The summed E-state index contributed by atoms with van der Waals surface area (Å²) in [5.74, 6) is 1.96. The molecule has 0 aliphatic carbocycles. The SMILES string of the molecule is C[C@H]1C[C@H](C)CN(Cc2ccc(CNC(=O)c3ccccc3SCC(=O)N3CCCC3)cc2)C1. The molecule has 6 heteroatoms. The fraction of sp³-hybridized carbons (Fsp3) is 0.500. The van der Waals surface area contributed by atoms with Crippen molar-refractivity contribution in [2.45, 2.75) is 51.1 Å². The standard InChI is InChI=1S/C28H37N3O2S/c1-21-15-22(2)18-30(17-21)19-24-11-9-23(10-12-24)16-29-28(33)25-7-3-4-8-26(25)34-20-27(32)31-13-5-6-14-31/h3-4,7-12,21-22H,5-6,13-20H2,1-2H3,(H,29,33)/t21-,22-/m0/s1. The number of nitrogens with zero attached hydrogens (tertiary/aromatic N) is 2. The van der Waals surface area contributed by atoms with Crippen molar-refractivity contribution in [3.05, 3.63) is 65.2 Å². The minimum Gasteiger partial charge on any atom is -0.348 e. The molecule has 2 saturated heterocycles. The molecule has 2 fully saturated rings. The second kappa shape index (κ2) is 11.9. The maximum atomic E-state index is 12.9. The average molecular weight is 480 g/mol. The van der Waals surface area contributed by atoms with Gasteiger partial charge in [-0.05, 0) is 54.4 Å². The van der Waals surface area contributed by atoms with Crippen molar-refractivity contribution in [1.29, 1.82) is 0 Å². The molecule has 0 saturated carbocycles. The molecule has 34 heavy (non-hydrogen) atoms. The van der Waals surface area contributed by atoms with Crippen molar-refractivity contribution < 1.29 is 9.59 Å². The van der Waals surface area contributed by atoms with Gasteiger partial charge in [0.1, 0.15) is 0 Å².